The van der Waals surface area contributed by atoms with Gasteiger partial charge in [0.05, 0.1) is 19.7 Å². The molecule has 1 N–H and O–H groups in total. The first-order valence-electron chi connectivity index (χ1n) is 5.30. The van der Waals surface area contributed by atoms with E-state index in [1.165, 1.54) is 5.56 Å². The molecule has 86 valence electrons. The van der Waals surface area contributed by atoms with Crippen molar-refractivity contribution in [3.05, 3.63) is 22.9 Å². The lowest BCUT2D eigenvalue weighted by atomic mass is 10.1. The summed E-state index contributed by atoms with van der Waals surface area (Å²) in [7, 11) is 3.39. The number of nitrogens with one attached hydrogen (secondary N) is 1. The molecule has 0 saturated heterocycles. The molecule has 16 heavy (non-hydrogen) atoms. The molecule has 0 atom stereocenters. The fourth-order valence-electron chi connectivity index (χ4n) is 2.14. The minimum Gasteiger partial charge on any atom is -0.496 e. The van der Waals surface area contributed by atoms with E-state index in [0.29, 0.717) is 0 Å². The largest absolute Gasteiger partial charge is 0.496 e. The van der Waals surface area contributed by atoms with Gasteiger partial charge in [-0.25, -0.2) is 0 Å². The second-order valence-electron chi connectivity index (χ2n) is 4.05. The van der Waals surface area contributed by atoms with Gasteiger partial charge in [-0.2, -0.15) is 0 Å². The van der Waals surface area contributed by atoms with Crippen molar-refractivity contribution < 1.29 is 9.47 Å². The summed E-state index contributed by atoms with van der Waals surface area (Å²) in [5, 5.41) is 1.12. The van der Waals surface area contributed by atoms with E-state index in [0.717, 1.165) is 33.7 Å². The molecule has 0 saturated carbocycles. The number of aromatic amines is 1. The number of aromatic nitrogens is 1. The standard InChI is InChI=1S/C13H17NO2/c1-7-6-10(15-4)12-11(13(7)16-5)8(2)9(3)14-12/h6,14H,1-5H3. The van der Waals surface area contributed by atoms with Crippen LogP contribution in [0.1, 0.15) is 16.8 Å². The molecule has 0 aliphatic carbocycles. The van der Waals surface area contributed by atoms with Crippen LogP contribution in [0.15, 0.2) is 6.07 Å². The Bertz CT molecular complexity index is 541. The first-order valence-corrected chi connectivity index (χ1v) is 5.30. The van der Waals surface area contributed by atoms with Crippen LogP contribution < -0.4 is 9.47 Å². The zero-order chi connectivity index (χ0) is 11.9. The Morgan fingerprint density at radius 2 is 1.75 bits per heavy atom. The van der Waals surface area contributed by atoms with Gasteiger partial charge in [0.1, 0.15) is 11.5 Å². The van der Waals surface area contributed by atoms with E-state index in [4.69, 9.17) is 9.47 Å². The number of fused-ring (bicyclic) bond motifs is 1. The lowest BCUT2D eigenvalue weighted by molar-refractivity contribution is 0.407. The van der Waals surface area contributed by atoms with Crippen LogP contribution in [0.25, 0.3) is 10.9 Å². The first-order chi connectivity index (χ1) is 7.60. The van der Waals surface area contributed by atoms with Gasteiger partial charge in [0.2, 0.25) is 0 Å². The molecular weight excluding hydrogens is 202 g/mol. The molecular formula is C13H17NO2. The molecule has 0 unspecified atom stereocenters. The summed E-state index contributed by atoms with van der Waals surface area (Å²) < 4.78 is 10.9. The third kappa shape index (κ3) is 1.35. The van der Waals surface area contributed by atoms with Gasteiger partial charge in [-0.1, -0.05) is 0 Å². The SMILES string of the molecule is COc1cc(C)c(OC)c2c(C)c(C)[nH]c12. The monoisotopic (exact) mass is 219 g/mol. The Kier molecular flexibility index (Phi) is 2.54. The lowest BCUT2D eigenvalue weighted by Crippen LogP contribution is -1.92. The maximum Gasteiger partial charge on any atom is 0.143 e. The van der Waals surface area contributed by atoms with Crippen LogP contribution in [-0.2, 0) is 0 Å². The maximum atomic E-state index is 5.48. The van der Waals surface area contributed by atoms with Crippen LogP contribution in [0.3, 0.4) is 0 Å². The van der Waals surface area contributed by atoms with Crippen molar-refractivity contribution in [3.63, 3.8) is 0 Å². The van der Waals surface area contributed by atoms with E-state index in [1.807, 2.05) is 13.0 Å². The smallest absolute Gasteiger partial charge is 0.143 e. The minimum absolute atomic E-state index is 0.865. The van der Waals surface area contributed by atoms with Crippen LogP contribution in [0.4, 0.5) is 0 Å². The number of ether oxygens (including phenoxy) is 2. The third-order valence-corrected chi connectivity index (χ3v) is 3.10. The average Bonchev–Trinajstić information content (AvgIpc) is 2.56. The zero-order valence-corrected chi connectivity index (χ0v) is 10.4. The maximum absolute atomic E-state index is 5.48. The number of hydrogen-bond acceptors (Lipinski definition) is 2. The van der Waals surface area contributed by atoms with Crippen molar-refractivity contribution in [2.75, 3.05) is 14.2 Å². The van der Waals surface area contributed by atoms with Gasteiger partial charge in [0.15, 0.2) is 0 Å². The molecule has 0 fully saturated rings. The molecule has 0 bridgehead atoms. The highest BCUT2D eigenvalue weighted by Gasteiger charge is 2.16. The Balaban J connectivity index is 2.94. The summed E-state index contributed by atoms with van der Waals surface area (Å²) in [6, 6.07) is 2.00. The molecule has 0 amide bonds. The minimum atomic E-state index is 0.865. The van der Waals surface area contributed by atoms with E-state index in [2.05, 4.69) is 18.8 Å². The molecule has 0 spiro atoms. The fourth-order valence-corrected chi connectivity index (χ4v) is 2.14. The fraction of sp³-hybridized carbons (Fsp3) is 0.385. The topological polar surface area (TPSA) is 34.2 Å². The number of hydrogen-bond donors (Lipinski definition) is 1. The molecule has 0 radical (unpaired) electrons. The Morgan fingerprint density at radius 1 is 1.06 bits per heavy atom. The van der Waals surface area contributed by atoms with E-state index < -0.39 is 0 Å². The van der Waals surface area contributed by atoms with Gasteiger partial charge >= 0.3 is 0 Å². The van der Waals surface area contributed by atoms with Gasteiger partial charge in [-0.15, -0.1) is 0 Å². The zero-order valence-electron chi connectivity index (χ0n) is 10.4. The second kappa shape index (κ2) is 3.74. The molecule has 1 aromatic carbocycles. The van der Waals surface area contributed by atoms with Crippen LogP contribution in [0.2, 0.25) is 0 Å². The van der Waals surface area contributed by atoms with Crippen molar-refractivity contribution >= 4 is 10.9 Å². The number of rotatable bonds is 2. The van der Waals surface area contributed by atoms with Crippen LogP contribution in [0, 0.1) is 20.8 Å². The quantitative estimate of drug-likeness (QED) is 0.842. The molecule has 0 aliphatic heterocycles. The van der Waals surface area contributed by atoms with Gasteiger partial charge in [0, 0.05) is 11.1 Å². The summed E-state index contributed by atoms with van der Waals surface area (Å²) in [6.07, 6.45) is 0. The van der Waals surface area contributed by atoms with E-state index >= 15 is 0 Å². The van der Waals surface area contributed by atoms with Crippen LogP contribution >= 0.6 is 0 Å². The Labute approximate surface area is 95.4 Å². The summed E-state index contributed by atoms with van der Waals surface area (Å²) >= 11 is 0. The molecule has 2 rings (SSSR count). The van der Waals surface area contributed by atoms with Gasteiger partial charge < -0.3 is 14.5 Å². The summed E-state index contributed by atoms with van der Waals surface area (Å²) in [5.41, 5.74) is 4.47. The predicted molar refractivity (Wildman–Crippen MR) is 65.6 cm³/mol. The van der Waals surface area contributed by atoms with E-state index in [-0.39, 0.29) is 0 Å². The average molecular weight is 219 g/mol. The molecule has 2 aromatic rings. The number of benzene rings is 1. The van der Waals surface area contributed by atoms with Crippen molar-refractivity contribution in [2.45, 2.75) is 20.8 Å². The summed E-state index contributed by atoms with van der Waals surface area (Å²) in [6.45, 7) is 6.18. The number of H-pyrrole nitrogens is 1. The number of aryl methyl sites for hydroxylation is 3. The molecule has 3 heteroatoms. The lowest BCUT2D eigenvalue weighted by Gasteiger charge is -2.10. The van der Waals surface area contributed by atoms with Crippen LogP contribution in [-0.4, -0.2) is 19.2 Å². The normalized spacial score (nSPS) is 10.8. The Morgan fingerprint density at radius 3 is 2.31 bits per heavy atom. The number of methoxy groups -OCH3 is 2. The predicted octanol–water partition coefficient (Wildman–Crippen LogP) is 3.11. The Hall–Kier alpha value is -1.64. The molecule has 1 heterocycles. The van der Waals surface area contributed by atoms with E-state index in [1.54, 1.807) is 14.2 Å². The summed E-state index contributed by atoms with van der Waals surface area (Å²) in [4.78, 5) is 3.34. The van der Waals surface area contributed by atoms with Crippen molar-refractivity contribution in [1.82, 2.24) is 4.98 Å². The summed E-state index contributed by atoms with van der Waals surface area (Å²) in [5.74, 6) is 1.79. The highest BCUT2D eigenvalue weighted by atomic mass is 16.5. The van der Waals surface area contributed by atoms with Gasteiger partial charge in [0.25, 0.3) is 0 Å². The first kappa shape index (κ1) is 10.9. The van der Waals surface area contributed by atoms with Crippen molar-refractivity contribution in [2.24, 2.45) is 0 Å². The second-order valence-corrected chi connectivity index (χ2v) is 4.05. The highest BCUT2D eigenvalue weighted by Crippen LogP contribution is 2.38. The van der Waals surface area contributed by atoms with Crippen molar-refractivity contribution in [3.8, 4) is 11.5 Å². The van der Waals surface area contributed by atoms with Gasteiger partial charge in [-0.3, -0.25) is 0 Å². The third-order valence-electron chi connectivity index (χ3n) is 3.10. The molecule has 1 aromatic heterocycles. The van der Waals surface area contributed by atoms with E-state index in [9.17, 15) is 0 Å². The van der Waals surface area contributed by atoms with Crippen LogP contribution in [0.5, 0.6) is 11.5 Å². The molecule has 0 aliphatic rings. The van der Waals surface area contributed by atoms with Crippen molar-refractivity contribution in [1.29, 1.82) is 0 Å². The molecule has 3 nitrogen and oxygen atoms in total. The highest BCUT2D eigenvalue weighted by molar-refractivity contribution is 5.95. The van der Waals surface area contributed by atoms with Gasteiger partial charge in [-0.05, 0) is 38.0 Å².